The molecular formula is C15H13ClO2. The average Bonchev–Trinajstić information content (AvgIpc) is 2.39. The summed E-state index contributed by atoms with van der Waals surface area (Å²) in [5, 5.41) is 0.562. The molecule has 0 amide bonds. The fraction of sp³-hybridized carbons (Fsp3) is 0.133. The number of ketones is 1. The van der Waals surface area contributed by atoms with E-state index < -0.39 is 0 Å². The quantitative estimate of drug-likeness (QED) is 0.778. The molecule has 0 atom stereocenters. The number of hydrogen-bond donors (Lipinski definition) is 0. The zero-order valence-electron chi connectivity index (χ0n) is 10.0. The molecule has 0 aromatic heterocycles. The maximum atomic E-state index is 12.2. The van der Waals surface area contributed by atoms with Crippen LogP contribution in [0.15, 0.2) is 48.5 Å². The Hall–Kier alpha value is -1.80. The Morgan fingerprint density at radius 3 is 2.44 bits per heavy atom. The van der Waals surface area contributed by atoms with Crippen molar-refractivity contribution in [1.82, 2.24) is 0 Å². The Morgan fingerprint density at radius 1 is 1.11 bits per heavy atom. The number of hydrogen-bond acceptors (Lipinski definition) is 2. The van der Waals surface area contributed by atoms with E-state index in [0.717, 1.165) is 5.75 Å². The Labute approximate surface area is 111 Å². The molecule has 92 valence electrons. The molecule has 2 aromatic rings. The van der Waals surface area contributed by atoms with Gasteiger partial charge in [0.25, 0.3) is 0 Å². The molecule has 18 heavy (non-hydrogen) atoms. The van der Waals surface area contributed by atoms with Crippen LogP contribution in [0.2, 0.25) is 5.02 Å². The lowest BCUT2D eigenvalue weighted by Gasteiger charge is -2.05. The van der Waals surface area contributed by atoms with Crippen molar-refractivity contribution in [2.45, 2.75) is 6.92 Å². The van der Waals surface area contributed by atoms with E-state index in [4.69, 9.17) is 16.3 Å². The molecule has 0 fully saturated rings. The Balaban J connectivity index is 2.23. The van der Waals surface area contributed by atoms with Crippen LogP contribution >= 0.6 is 11.6 Å². The van der Waals surface area contributed by atoms with Gasteiger partial charge in [-0.15, -0.1) is 0 Å². The van der Waals surface area contributed by atoms with Crippen molar-refractivity contribution in [2.24, 2.45) is 0 Å². The first kappa shape index (κ1) is 12.7. The van der Waals surface area contributed by atoms with E-state index in [1.807, 2.05) is 6.92 Å². The minimum absolute atomic E-state index is 0.0412. The van der Waals surface area contributed by atoms with Gasteiger partial charge in [-0.05, 0) is 43.3 Å². The van der Waals surface area contributed by atoms with Crippen LogP contribution in [0, 0.1) is 0 Å². The molecule has 0 bridgehead atoms. The van der Waals surface area contributed by atoms with Crippen molar-refractivity contribution in [3.05, 3.63) is 64.7 Å². The monoisotopic (exact) mass is 260 g/mol. The van der Waals surface area contributed by atoms with Gasteiger partial charge in [0.05, 0.1) is 6.61 Å². The second-order valence-electron chi connectivity index (χ2n) is 3.80. The maximum Gasteiger partial charge on any atom is 0.193 e. The third-order valence-electron chi connectivity index (χ3n) is 2.51. The summed E-state index contributed by atoms with van der Waals surface area (Å²) >= 11 is 5.87. The zero-order chi connectivity index (χ0) is 13.0. The van der Waals surface area contributed by atoms with Gasteiger partial charge in [-0.3, -0.25) is 4.79 Å². The van der Waals surface area contributed by atoms with E-state index in [-0.39, 0.29) is 5.78 Å². The summed E-state index contributed by atoms with van der Waals surface area (Å²) in [5.74, 6) is 0.723. The number of rotatable bonds is 4. The summed E-state index contributed by atoms with van der Waals surface area (Å²) in [5.41, 5.74) is 1.22. The largest absolute Gasteiger partial charge is 0.494 e. The molecule has 0 saturated carbocycles. The molecule has 0 spiro atoms. The van der Waals surface area contributed by atoms with Crippen molar-refractivity contribution in [2.75, 3.05) is 6.61 Å². The summed E-state index contributed by atoms with van der Waals surface area (Å²) in [6.45, 7) is 2.53. The lowest BCUT2D eigenvalue weighted by Crippen LogP contribution is -2.01. The van der Waals surface area contributed by atoms with E-state index in [1.165, 1.54) is 0 Å². The number of benzene rings is 2. The number of halogens is 1. The van der Waals surface area contributed by atoms with Gasteiger partial charge in [-0.1, -0.05) is 23.7 Å². The minimum atomic E-state index is -0.0412. The predicted octanol–water partition coefficient (Wildman–Crippen LogP) is 3.97. The number of ether oxygens (including phenoxy) is 1. The van der Waals surface area contributed by atoms with Gasteiger partial charge < -0.3 is 4.74 Å². The van der Waals surface area contributed by atoms with Gasteiger partial charge in [0.1, 0.15) is 5.75 Å². The highest BCUT2D eigenvalue weighted by Gasteiger charge is 2.09. The topological polar surface area (TPSA) is 26.3 Å². The van der Waals surface area contributed by atoms with E-state index in [0.29, 0.717) is 22.8 Å². The SMILES string of the molecule is CCOc1ccc(C(=O)c2cccc(Cl)c2)cc1. The molecule has 0 aliphatic rings. The van der Waals surface area contributed by atoms with Crippen LogP contribution in [0.25, 0.3) is 0 Å². The fourth-order valence-corrected chi connectivity index (χ4v) is 1.86. The summed E-state index contributed by atoms with van der Waals surface area (Å²) in [4.78, 5) is 12.2. The first-order valence-corrected chi connectivity index (χ1v) is 6.11. The maximum absolute atomic E-state index is 12.2. The summed E-state index contributed by atoms with van der Waals surface area (Å²) < 4.78 is 5.33. The summed E-state index contributed by atoms with van der Waals surface area (Å²) in [7, 11) is 0. The first-order valence-electron chi connectivity index (χ1n) is 5.74. The van der Waals surface area contributed by atoms with Crippen LogP contribution in [0.1, 0.15) is 22.8 Å². The second kappa shape index (κ2) is 5.69. The fourth-order valence-electron chi connectivity index (χ4n) is 1.67. The van der Waals surface area contributed by atoms with Gasteiger partial charge >= 0.3 is 0 Å². The van der Waals surface area contributed by atoms with Gasteiger partial charge in [0.15, 0.2) is 5.78 Å². The van der Waals surface area contributed by atoms with E-state index in [9.17, 15) is 4.79 Å². The van der Waals surface area contributed by atoms with Crippen LogP contribution in [-0.4, -0.2) is 12.4 Å². The molecule has 2 aromatic carbocycles. The Kier molecular flexibility index (Phi) is 4.00. The lowest BCUT2D eigenvalue weighted by molar-refractivity contribution is 0.103. The summed E-state index contributed by atoms with van der Waals surface area (Å²) in [6.07, 6.45) is 0. The third kappa shape index (κ3) is 2.90. The van der Waals surface area contributed by atoms with Gasteiger partial charge in [0.2, 0.25) is 0 Å². The van der Waals surface area contributed by atoms with Crippen LogP contribution in [0.5, 0.6) is 5.75 Å². The molecule has 0 heterocycles. The summed E-state index contributed by atoms with van der Waals surface area (Å²) in [6, 6.07) is 14.0. The third-order valence-corrected chi connectivity index (χ3v) is 2.75. The molecule has 0 radical (unpaired) electrons. The van der Waals surface area contributed by atoms with E-state index in [1.54, 1.807) is 48.5 Å². The van der Waals surface area contributed by atoms with Crippen molar-refractivity contribution < 1.29 is 9.53 Å². The van der Waals surface area contributed by atoms with Crippen molar-refractivity contribution in [1.29, 1.82) is 0 Å². The highest BCUT2D eigenvalue weighted by atomic mass is 35.5. The van der Waals surface area contributed by atoms with Crippen molar-refractivity contribution >= 4 is 17.4 Å². The van der Waals surface area contributed by atoms with Crippen LogP contribution in [-0.2, 0) is 0 Å². The number of carbonyl (C=O) groups excluding carboxylic acids is 1. The Morgan fingerprint density at radius 2 is 1.83 bits per heavy atom. The molecule has 0 N–H and O–H groups in total. The molecule has 0 aliphatic heterocycles. The highest BCUT2D eigenvalue weighted by Crippen LogP contribution is 2.17. The van der Waals surface area contributed by atoms with Crippen molar-refractivity contribution in [3.63, 3.8) is 0 Å². The smallest absolute Gasteiger partial charge is 0.193 e. The van der Waals surface area contributed by atoms with Crippen LogP contribution in [0.4, 0.5) is 0 Å². The second-order valence-corrected chi connectivity index (χ2v) is 4.23. The molecule has 3 heteroatoms. The van der Waals surface area contributed by atoms with E-state index in [2.05, 4.69) is 0 Å². The molecular weight excluding hydrogens is 248 g/mol. The molecule has 0 saturated heterocycles. The minimum Gasteiger partial charge on any atom is -0.494 e. The lowest BCUT2D eigenvalue weighted by atomic mass is 10.0. The molecule has 0 aliphatic carbocycles. The van der Waals surface area contributed by atoms with Gasteiger partial charge in [-0.25, -0.2) is 0 Å². The van der Waals surface area contributed by atoms with E-state index >= 15 is 0 Å². The first-order chi connectivity index (χ1) is 8.70. The normalized spacial score (nSPS) is 10.1. The van der Waals surface area contributed by atoms with Crippen LogP contribution in [0.3, 0.4) is 0 Å². The number of carbonyl (C=O) groups is 1. The highest BCUT2D eigenvalue weighted by molar-refractivity contribution is 6.31. The zero-order valence-corrected chi connectivity index (χ0v) is 10.8. The molecule has 2 rings (SSSR count). The predicted molar refractivity (Wildman–Crippen MR) is 72.5 cm³/mol. The molecule has 0 unspecified atom stereocenters. The Bertz CT molecular complexity index is 547. The van der Waals surface area contributed by atoms with Crippen LogP contribution < -0.4 is 4.74 Å². The van der Waals surface area contributed by atoms with Gasteiger partial charge in [-0.2, -0.15) is 0 Å². The molecule has 2 nitrogen and oxygen atoms in total. The van der Waals surface area contributed by atoms with Gasteiger partial charge in [0, 0.05) is 16.1 Å². The standard InChI is InChI=1S/C15H13ClO2/c1-2-18-14-8-6-11(7-9-14)15(17)12-4-3-5-13(16)10-12/h3-10H,2H2,1H3. The average molecular weight is 261 g/mol. The van der Waals surface area contributed by atoms with Crippen molar-refractivity contribution in [3.8, 4) is 5.75 Å².